The first kappa shape index (κ1) is 11.9. The van der Waals surface area contributed by atoms with Crippen molar-refractivity contribution in [2.24, 2.45) is 0 Å². The SMILES string of the molecule is O=C(Nc1ccc2c(c1)OCCO2)c1ccoc1Cl. The fraction of sp³-hybridized carbons (Fsp3) is 0.154. The number of hydrogen-bond acceptors (Lipinski definition) is 4. The molecular weight excluding hydrogens is 270 g/mol. The van der Waals surface area contributed by atoms with E-state index in [9.17, 15) is 4.79 Å². The van der Waals surface area contributed by atoms with Crippen molar-refractivity contribution in [1.82, 2.24) is 0 Å². The molecule has 6 heteroatoms. The number of carbonyl (C=O) groups excluding carboxylic acids is 1. The summed E-state index contributed by atoms with van der Waals surface area (Å²) in [6.07, 6.45) is 1.36. The van der Waals surface area contributed by atoms with Gasteiger partial charge in [-0.1, -0.05) is 0 Å². The quantitative estimate of drug-likeness (QED) is 0.918. The highest BCUT2D eigenvalue weighted by Crippen LogP contribution is 2.32. The molecule has 2 aromatic rings. The van der Waals surface area contributed by atoms with E-state index in [0.717, 1.165) is 0 Å². The Balaban J connectivity index is 1.80. The molecule has 2 heterocycles. The van der Waals surface area contributed by atoms with Crippen LogP contribution in [0, 0.1) is 0 Å². The normalized spacial score (nSPS) is 13.1. The summed E-state index contributed by atoms with van der Waals surface area (Å²) in [5, 5.41) is 2.78. The van der Waals surface area contributed by atoms with Crippen LogP contribution in [0.5, 0.6) is 11.5 Å². The number of anilines is 1. The predicted molar refractivity (Wildman–Crippen MR) is 69.1 cm³/mol. The lowest BCUT2D eigenvalue weighted by molar-refractivity contribution is 0.102. The lowest BCUT2D eigenvalue weighted by Gasteiger charge is -2.18. The van der Waals surface area contributed by atoms with E-state index in [1.807, 2.05) is 0 Å². The van der Waals surface area contributed by atoms with E-state index in [2.05, 4.69) is 5.32 Å². The van der Waals surface area contributed by atoms with Gasteiger partial charge in [0.25, 0.3) is 5.91 Å². The second-order valence-corrected chi connectivity index (χ2v) is 4.26. The van der Waals surface area contributed by atoms with Gasteiger partial charge in [0.2, 0.25) is 5.22 Å². The average molecular weight is 280 g/mol. The molecule has 0 unspecified atom stereocenters. The van der Waals surface area contributed by atoms with Crippen LogP contribution in [-0.4, -0.2) is 19.1 Å². The second kappa shape index (κ2) is 4.85. The van der Waals surface area contributed by atoms with E-state index in [1.165, 1.54) is 12.3 Å². The smallest absolute Gasteiger partial charge is 0.260 e. The molecule has 3 rings (SSSR count). The van der Waals surface area contributed by atoms with Crippen LogP contribution < -0.4 is 14.8 Å². The summed E-state index contributed by atoms with van der Waals surface area (Å²) >= 11 is 5.74. The number of benzene rings is 1. The Labute approximate surface area is 114 Å². The number of hydrogen-bond donors (Lipinski definition) is 1. The Bertz CT molecular complexity index is 623. The fourth-order valence-corrected chi connectivity index (χ4v) is 1.98. The number of furan rings is 1. The summed E-state index contributed by atoms with van der Waals surface area (Å²) < 4.78 is 15.7. The van der Waals surface area contributed by atoms with Gasteiger partial charge in [-0.15, -0.1) is 0 Å². The number of rotatable bonds is 2. The summed E-state index contributed by atoms with van der Waals surface area (Å²) in [6, 6.07) is 6.70. The minimum Gasteiger partial charge on any atom is -0.486 e. The van der Waals surface area contributed by atoms with E-state index in [1.54, 1.807) is 18.2 Å². The van der Waals surface area contributed by atoms with E-state index in [4.69, 9.17) is 25.5 Å². The van der Waals surface area contributed by atoms with Gasteiger partial charge in [0.05, 0.1) is 11.8 Å². The van der Waals surface area contributed by atoms with E-state index in [-0.39, 0.29) is 16.7 Å². The number of nitrogens with one attached hydrogen (secondary N) is 1. The van der Waals surface area contributed by atoms with Gasteiger partial charge in [-0.05, 0) is 29.8 Å². The number of ether oxygens (including phenoxy) is 2. The minimum absolute atomic E-state index is 0.0649. The maximum atomic E-state index is 11.9. The molecule has 1 aromatic carbocycles. The van der Waals surface area contributed by atoms with Crippen LogP contribution in [0.2, 0.25) is 5.22 Å². The molecule has 0 radical (unpaired) electrons. The van der Waals surface area contributed by atoms with Crippen molar-refractivity contribution in [3.8, 4) is 11.5 Å². The monoisotopic (exact) mass is 279 g/mol. The molecule has 0 aliphatic carbocycles. The molecule has 1 N–H and O–H groups in total. The van der Waals surface area contributed by atoms with Crippen LogP contribution in [0.15, 0.2) is 34.9 Å². The van der Waals surface area contributed by atoms with Crippen LogP contribution in [-0.2, 0) is 0 Å². The van der Waals surface area contributed by atoms with Crippen LogP contribution in [0.3, 0.4) is 0 Å². The summed E-state index contributed by atoms with van der Waals surface area (Å²) in [7, 11) is 0. The first-order valence-electron chi connectivity index (χ1n) is 5.68. The van der Waals surface area contributed by atoms with Crippen LogP contribution in [0.1, 0.15) is 10.4 Å². The zero-order chi connectivity index (χ0) is 13.2. The molecule has 0 atom stereocenters. The third-order valence-corrected chi connectivity index (χ3v) is 2.96. The zero-order valence-corrected chi connectivity index (χ0v) is 10.6. The van der Waals surface area contributed by atoms with Crippen molar-refractivity contribution in [1.29, 1.82) is 0 Å². The van der Waals surface area contributed by atoms with Crippen molar-refractivity contribution in [2.75, 3.05) is 18.5 Å². The zero-order valence-electron chi connectivity index (χ0n) is 9.81. The third kappa shape index (κ3) is 2.37. The summed E-state index contributed by atoms with van der Waals surface area (Å²) in [5.41, 5.74) is 0.892. The Morgan fingerprint density at radius 2 is 1.95 bits per heavy atom. The first-order chi connectivity index (χ1) is 9.24. The Kier molecular flexibility index (Phi) is 3.05. The molecule has 98 valence electrons. The predicted octanol–water partition coefficient (Wildman–Crippen LogP) is 2.96. The molecule has 0 fully saturated rings. The molecule has 0 bridgehead atoms. The molecule has 19 heavy (non-hydrogen) atoms. The maximum absolute atomic E-state index is 11.9. The van der Waals surface area contributed by atoms with Gasteiger partial charge in [-0.25, -0.2) is 0 Å². The first-order valence-corrected chi connectivity index (χ1v) is 6.06. The van der Waals surface area contributed by atoms with Crippen LogP contribution >= 0.6 is 11.6 Å². The molecule has 0 spiro atoms. The number of carbonyl (C=O) groups is 1. The average Bonchev–Trinajstić information content (AvgIpc) is 2.85. The summed E-state index contributed by atoms with van der Waals surface area (Å²) in [4.78, 5) is 11.9. The molecular formula is C13H10ClNO4. The van der Waals surface area contributed by atoms with E-state index in [0.29, 0.717) is 30.4 Å². The van der Waals surface area contributed by atoms with E-state index < -0.39 is 0 Å². The number of amides is 1. The lowest BCUT2D eigenvalue weighted by atomic mass is 10.2. The molecule has 0 saturated carbocycles. The lowest BCUT2D eigenvalue weighted by Crippen LogP contribution is -2.16. The Morgan fingerprint density at radius 1 is 1.16 bits per heavy atom. The second-order valence-electron chi connectivity index (χ2n) is 3.92. The van der Waals surface area contributed by atoms with Crippen molar-refractivity contribution in [3.63, 3.8) is 0 Å². The van der Waals surface area contributed by atoms with Gasteiger partial charge in [0.1, 0.15) is 13.2 Å². The molecule has 1 aliphatic heterocycles. The fourth-order valence-electron chi connectivity index (χ4n) is 1.78. The van der Waals surface area contributed by atoms with Crippen LogP contribution in [0.4, 0.5) is 5.69 Å². The van der Waals surface area contributed by atoms with Gasteiger partial charge in [0, 0.05) is 11.8 Å². The topological polar surface area (TPSA) is 60.7 Å². The maximum Gasteiger partial charge on any atom is 0.260 e. The van der Waals surface area contributed by atoms with Gasteiger partial charge in [0.15, 0.2) is 11.5 Å². The molecule has 1 amide bonds. The van der Waals surface area contributed by atoms with Gasteiger partial charge >= 0.3 is 0 Å². The number of halogens is 1. The highest BCUT2D eigenvalue weighted by atomic mass is 35.5. The van der Waals surface area contributed by atoms with Crippen molar-refractivity contribution in [3.05, 3.63) is 41.3 Å². The Hall–Kier alpha value is -2.14. The standard InChI is InChI=1S/C13H10ClNO4/c14-12-9(3-4-19-12)13(16)15-8-1-2-10-11(7-8)18-6-5-17-10/h1-4,7H,5-6H2,(H,15,16). The van der Waals surface area contributed by atoms with Crippen molar-refractivity contribution in [2.45, 2.75) is 0 Å². The molecule has 5 nitrogen and oxygen atoms in total. The van der Waals surface area contributed by atoms with Gasteiger partial charge in [-0.3, -0.25) is 4.79 Å². The largest absolute Gasteiger partial charge is 0.486 e. The summed E-state index contributed by atoms with van der Waals surface area (Å²) in [5.74, 6) is 0.948. The minimum atomic E-state index is -0.338. The van der Waals surface area contributed by atoms with Gasteiger partial charge in [-0.2, -0.15) is 0 Å². The van der Waals surface area contributed by atoms with E-state index >= 15 is 0 Å². The highest BCUT2D eigenvalue weighted by Gasteiger charge is 2.16. The highest BCUT2D eigenvalue weighted by molar-refractivity contribution is 6.32. The summed E-state index contributed by atoms with van der Waals surface area (Å²) in [6.45, 7) is 1.03. The number of fused-ring (bicyclic) bond motifs is 1. The molecule has 1 aliphatic rings. The molecule has 0 saturated heterocycles. The van der Waals surface area contributed by atoms with Crippen molar-refractivity contribution < 1.29 is 18.7 Å². The third-order valence-electron chi connectivity index (χ3n) is 2.66. The molecule has 1 aromatic heterocycles. The van der Waals surface area contributed by atoms with Crippen LogP contribution in [0.25, 0.3) is 0 Å². The Morgan fingerprint density at radius 3 is 2.68 bits per heavy atom. The van der Waals surface area contributed by atoms with Crippen molar-refractivity contribution >= 4 is 23.2 Å². The van der Waals surface area contributed by atoms with Gasteiger partial charge < -0.3 is 19.2 Å².